The van der Waals surface area contributed by atoms with Crippen LogP contribution >= 0.6 is 0 Å². The number of hydrogen-bond donors (Lipinski definition) is 4. The number of pyridine rings is 1. The van der Waals surface area contributed by atoms with Crippen LogP contribution in [-0.2, 0) is 24.1 Å². The summed E-state index contributed by atoms with van der Waals surface area (Å²) in [7, 11) is 0. The van der Waals surface area contributed by atoms with Gasteiger partial charge < -0.3 is 21.4 Å². The number of nitrogens with zero attached hydrogens (tertiary/aromatic N) is 1. The first kappa shape index (κ1) is 20.5. The average molecular weight is 428 g/mol. The number of para-hydroxylation sites is 2. The van der Waals surface area contributed by atoms with Crippen LogP contribution < -0.4 is 16.4 Å². The van der Waals surface area contributed by atoms with Crippen LogP contribution in [0.3, 0.4) is 0 Å². The van der Waals surface area contributed by atoms with Gasteiger partial charge in [0.2, 0.25) is 5.91 Å². The van der Waals surface area contributed by atoms with Crippen LogP contribution in [0.25, 0.3) is 21.8 Å². The number of anilines is 1. The quantitative estimate of drug-likeness (QED) is 0.338. The molecule has 2 heterocycles. The predicted molar refractivity (Wildman–Crippen MR) is 130 cm³/mol. The Bertz CT molecular complexity index is 1260. The van der Waals surface area contributed by atoms with E-state index in [0.717, 1.165) is 40.2 Å². The topological polar surface area (TPSA) is 95.8 Å². The molecule has 1 aliphatic rings. The molecule has 0 unspecified atom stereocenters. The van der Waals surface area contributed by atoms with Crippen molar-refractivity contribution in [3.63, 3.8) is 0 Å². The lowest BCUT2D eigenvalue weighted by atomic mass is 9.92. The number of carbonyl (C=O) groups excluding carboxylic acids is 1. The molecule has 0 saturated carbocycles. The number of carbonyl (C=O) groups is 1. The Morgan fingerprint density at radius 1 is 1.03 bits per heavy atom. The SMILES string of the molecule is N[C@@H](Cc1c[nH]c2ccccc12)C(=O)NCCNc1c2c(nc3ccccc13)CCCC2. The maximum Gasteiger partial charge on any atom is 0.237 e. The fourth-order valence-corrected chi connectivity index (χ4v) is 4.71. The second-order valence-corrected chi connectivity index (χ2v) is 8.52. The van der Waals surface area contributed by atoms with Gasteiger partial charge in [0.1, 0.15) is 0 Å². The minimum absolute atomic E-state index is 0.126. The van der Waals surface area contributed by atoms with Crippen LogP contribution in [-0.4, -0.2) is 35.0 Å². The number of H-pyrrole nitrogens is 1. The molecule has 4 aromatic rings. The van der Waals surface area contributed by atoms with E-state index < -0.39 is 6.04 Å². The van der Waals surface area contributed by atoms with Gasteiger partial charge in [-0.05, 0) is 55.4 Å². The number of aryl methyl sites for hydroxylation is 1. The Hall–Kier alpha value is -3.38. The van der Waals surface area contributed by atoms with Crippen molar-refractivity contribution in [3.8, 4) is 0 Å². The first-order valence-corrected chi connectivity index (χ1v) is 11.4. The molecule has 0 spiro atoms. The molecule has 1 atom stereocenters. The molecule has 0 saturated heterocycles. The number of aromatic nitrogens is 2. The van der Waals surface area contributed by atoms with E-state index in [2.05, 4.69) is 39.9 Å². The van der Waals surface area contributed by atoms with E-state index >= 15 is 0 Å². The lowest BCUT2D eigenvalue weighted by molar-refractivity contribution is -0.122. The van der Waals surface area contributed by atoms with Crippen LogP contribution in [0.4, 0.5) is 5.69 Å². The van der Waals surface area contributed by atoms with Gasteiger partial charge >= 0.3 is 0 Å². The zero-order valence-corrected chi connectivity index (χ0v) is 18.2. The predicted octanol–water partition coefficient (Wildman–Crippen LogP) is 3.69. The molecule has 5 rings (SSSR count). The van der Waals surface area contributed by atoms with Crippen molar-refractivity contribution in [1.82, 2.24) is 15.3 Å². The molecule has 0 radical (unpaired) electrons. The van der Waals surface area contributed by atoms with Crippen LogP contribution in [0.15, 0.2) is 54.7 Å². The van der Waals surface area contributed by atoms with Gasteiger partial charge in [-0.1, -0.05) is 36.4 Å². The molecule has 0 bridgehead atoms. The summed E-state index contributed by atoms with van der Waals surface area (Å²) >= 11 is 0. The Morgan fingerprint density at radius 2 is 1.81 bits per heavy atom. The van der Waals surface area contributed by atoms with Gasteiger partial charge in [0.05, 0.1) is 11.6 Å². The number of rotatable bonds is 7. The van der Waals surface area contributed by atoms with Crippen molar-refractivity contribution in [1.29, 1.82) is 0 Å². The summed E-state index contributed by atoms with van der Waals surface area (Å²) in [5.41, 5.74) is 13.1. The van der Waals surface area contributed by atoms with Crippen molar-refractivity contribution in [3.05, 3.63) is 71.5 Å². The van der Waals surface area contributed by atoms with Gasteiger partial charge in [-0.25, -0.2) is 0 Å². The van der Waals surface area contributed by atoms with Crippen LogP contribution in [0, 0.1) is 0 Å². The van der Waals surface area contributed by atoms with Gasteiger partial charge in [-0.3, -0.25) is 9.78 Å². The summed E-state index contributed by atoms with van der Waals surface area (Å²) in [6, 6.07) is 15.8. The largest absolute Gasteiger partial charge is 0.382 e. The molecule has 164 valence electrons. The summed E-state index contributed by atoms with van der Waals surface area (Å²) < 4.78 is 0. The highest BCUT2D eigenvalue weighted by atomic mass is 16.2. The molecule has 6 nitrogen and oxygen atoms in total. The van der Waals surface area contributed by atoms with Gasteiger partial charge in [-0.2, -0.15) is 0 Å². The highest BCUT2D eigenvalue weighted by molar-refractivity contribution is 5.93. The highest BCUT2D eigenvalue weighted by Gasteiger charge is 2.19. The van der Waals surface area contributed by atoms with E-state index in [1.807, 2.05) is 30.5 Å². The van der Waals surface area contributed by atoms with E-state index in [4.69, 9.17) is 10.7 Å². The molecular formula is C26H29N5O. The first-order valence-electron chi connectivity index (χ1n) is 11.4. The number of amides is 1. The molecule has 32 heavy (non-hydrogen) atoms. The van der Waals surface area contributed by atoms with Gasteiger partial charge in [0, 0.05) is 47.0 Å². The third-order valence-corrected chi connectivity index (χ3v) is 6.35. The fraction of sp³-hybridized carbons (Fsp3) is 0.308. The third kappa shape index (κ3) is 4.06. The van der Waals surface area contributed by atoms with Crippen LogP contribution in [0.1, 0.15) is 29.7 Å². The standard InChI is InChI=1S/C26H29N5O/c27-21(15-17-16-30-22-10-4-1-7-18(17)22)26(32)29-14-13-28-25-19-8-2-5-11-23(19)31-24-12-6-3-9-20(24)25/h1-2,4-5,7-8,10-11,16,21,30H,3,6,9,12-15,27H2,(H,28,31)(H,29,32)/t21-/m0/s1. The molecule has 2 aromatic carbocycles. The Morgan fingerprint density at radius 3 is 2.72 bits per heavy atom. The number of aromatic amines is 1. The number of nitrogens with two attached hydrogens (primary N) is 1. The highest BCUT2D eigenvalue weighted by Crippen LogP contribution is 2.33. The van der Waals surface area contributed by atoms with Crippen molar-refractivity contribution in [2.75, 3.05) is 18.4 Å². The molecule has 1 amide bonds. The smallest absolute Gasteiger partial charge is 0.237 e. The number of nitrogens with one attached hydrogen (secondary N) is 3. The fourth-order valence-electron chi connectivity index (χ4n) is 4.71. The van der Waals surface area contributed by atoms with Crippen molar-refractivity contribution in [2.24, 2.45) is 5.73 Å². The van der Waals surface area contributed by atoms with Gasteiger partial charge in [-0.15, -0.1) is 0 Å². The van der Waals surface area contributed by atoms with Crippen LogP contribution in [0.5, 0.6) is 0 Å². The number of benzene rings is 2. The summed E-state index contributed by atoms with van der Waals surface area (Å²) in [6.45, 7) is 1.16. The third-order valence-electron chi connectivity index (χ3n) is 6.35. The van der Waals surface area contributed by atoms with Crippen molar-refractivity contribution >= 4 is 33.4 Å². The van der Waals surface area contributed by atoms with E-state index in [0.29, 0.717) is 19.5 Å². The lowest BCUT2D eigenvalue weighted by Gasteiger charge is -2.22. The minimum atomic E-state index is -0.580. The van der Waals surface area contributed by atoms with Crippen molar-refractivity contribution in [2.45, 2.75) is 38.1 Å². The maximum absolute atomic E-state index is 12.6. The van der Waals surface area contributed by atoms with Crippen LogP contribution in [0.2, 0.25) is 0 Å². The molecule has 1 aliphatic carbocycles. The first-order chi connectivity index (χ1) is 15.7. The summed E-state index contributed by atoms with van der Waals surface area (Å²) in [5, 5.41) is 8.83. The van der Waals surface area contributed by atoms with Gasteiger partial charge in [0.15, 0.2) is 0 Å². The summed E-state index contributed by atoms with van der Waals surface area (Å²) in [5.74, 6) is -0.126. The Balaban J connectivity index is 1.21. The monoisotopic (exact) mass is 427 g/mol. The van der Waals surface area contributed by atoms with E-state index in [1.54, 1.807) is 0 Å². The molecule has 2 aromatic heterocycles. The Kier molecular flexibility index (Phi) is 5.77. The lowest BCUT2D eigenvalue weighted by Crippen LogP contribution is -2.43. The number of hydrogen-bond acceptors (Lipinski definition) is 4. The Labute approximate surface area is 187 Å². The molecule has 5 N–H and O–H groups in total. The maximum atomic E-state index is 12.6. The summed E-state index contributed by atoms with van der Waals surface area (Å²) in [4.78, 5) is 20.7. The molecule has 0 aliphatic heterocycles. The zero-order valence-electron chi connectivity index (χ0n) is 18.2. The molecular weight excluding hydrogens is 398 g/mol. The minimum Gasteiger partial charge on any atom is -0.382 e. The van der Waals surface area contributed by atoms with Gasteiger partial charge in [0.25, 0.3) is 0 Å². The summed E-state index contributed by atoms with van der Waals surface area (Å²) in [6.07, 6.45) is 6.93. The van der Waals surface area contributed by atoms with E-state index in [1.165, 1.54) is 29.8 Å². The second kappa shape index (κ2) is 9.01. The van der Waals surface area contributed by atoms with Crippen molar-refractivity contribution < 1.29 is 4.79 Å². The number of fused-ring (bicyclic) bond motifs is 3. The van der Waals surface area contributed by atoms with E-state index in [9.17, 15) is 4.79 Å². The second-order valence-electron chi connectivity index (χ2n) is 8.52. The van der Waals surface area contributed by atoms with E-state index in [-0.39, 0.29) is 5.91 Å². The zero-order chi connectivity index (χ0) is 21.9. The molecule has 6 heteroatoms. The molecule has 0 fully saturated rings. The average Bonchev–Trinajstić information content (AvgIpc) is 3.23. The normalized spacial score (nSPS) is 14.3.